The second-order valence-electron chi connectivity index (χ2n) is 3.32. The van der Waals surface area contributed by atoms with Crippen molar-refractivity contribution in [3.63, 3.8) is 0 Å². The summed E-state index contributed by atoms with van der Waals surface area (Å²) in [5, 5.41) is 0. The molecule has 4 nitrogen and oxygen atoms in total. The first kappa shape index (κ1) is 10.6. The van der Waals surface area contributed by atoms with Gasteiger partial charge in [0.2, 0.25) is 0 Å². The molecular weight excluding hydrogens is 224 g/mol. The van der Waals surface area contributed by atoms with E-state index in [1.165, 1.54) is 6.20 Å². The number of carbonyl (C=O) groups excluding carboxylic acids is 1. The molecule has 2 N–H and O–H groups in total. The van der Waals surface area contributed by atoms with Gasteiger partial charge in [0.05, 0.1) is 11.9 Å². The molecule has 0 amide bonds. The molecule has 0 unspecified atom stereocenters. The van der Waals surface area contributed by atoms with Crippen LogP contribution < -0.4 is 10.5 Å². The summed E-state index contributed by atoms with van der Waals surface area (Å²) in [5.41, 5.74) is 6.95. The van der Waals surface area contributed by atoms with Crippen LogP contribution in [0.15, 0.2) is 30.5 Å². The predicted octanol–water partition coefficient (Wildman–Crippen LogP) is 2.25. The summed E-state index contributed by atoms with van der Waals surface area (Å²) >= 11 is 1.03. The van der Waals surface area contributed by atoms with E-state index in [4.69, 9.17) is 10.5 Å². The normalized spacial score (nSPS) is 10.1. The SMILES string of the molecule is Cc1cccc(OC(=O)c2sncc2N)c1. The van der Waals surface area contributed by atoms with Crippen LogP contribution in [0.4, 0.5) is 5.69 Å². The van der Waals surface area contributed by atoms with Gasteiger partial charge in [0.25, 0.3) is 0 Å². The Hall–Kier alpha value is -1.88. The van der Waals surface area contributed by atoms with Crippen LogP contribution in [0, 0.1) is 6.92 Å². The number of ether oxygens (including phenoxy) is 1. The lowest BCUT2D eigenvalue weighted by molar-refractivity contribution is 0.0741. The maximum absolute atomic E-state index is 11.7. The molecule has 0 bridgehead atoms. The molecule has 0 aliphatic rings. The van der Waals surface area contributed by atoms with E-state index in [9.17, 15) is 4.79 Å². The van der Waals surface area contributed by atoms with Crippen molar-refractivity contribution < 1.29 is 9.53 Å². The van der Waals surface area contributed by atoms with Crippen LogP contribution in [0.5, 0.6) is 5.75 Å². The smallest absolute Gasteiger partial charge is 0.357 e. The van der Waals surface area contributed by atoms with E-state index in [1.54, 1.807) is 12.1 Å². The Morgan fingerprint density at radius 2 is 2.31 bits per heavy atom. The first-order valence-electron chi connectivity index (χ1n) is 4.66. The van der Waals surface area contributed by atoms with Crippen LogP contribution in [0.25, 0.3) is 0 Å². The van der Waals surface area contributed by atoms with Gasteiger partial charge in [-0.1, -0.05) is 12.1 Å². The van der Waals surface area contributed by atoms with E-state index >= 15 is 0 Å². The van der Waals surface area contributed by atoms with Gasteiger partial charge in [-0.3, -0.25) is 0 Å². The molecule has 0 aliphatic heterocycles. The zero-order chi connectivity index (χ0) is 11.5. The van der Waals surface area contributed by atoms with Crippen LogP contribution >= 0.6 is 11.5 Å². The molecule has 0 atom stereocenters. The third-order valence-electron chi connectivity index (χ3n) is 1.98. The molecule has 82 valence electrons. The number of aromatic nitrogens is 1. The highest BCUT2D eigenvalue weighted by Crippen LogP contribution is 2.19. The monoisotopic (exact) mass is 234 g/mol. The summed E-state index contributed by atoms with van der Waals surface area (Å²) in [6.07, 6.45) is 1.44. The number of aryl methyl sites for hydroxylation is 1. The number of hydrogen-bond donors (Lipinski definition) is 1. The van der Waals surface area contributed by atoms with Gasteiger partial charge in [0.15, 0.2) is 4.88 Å². The highest BCUT2D eigenvalue weighted by molar-refractivity contribution is 7.08. The van der Waals surface area contributed by atoms with Gasteiger partial charge in [-0.15, -0.1) is 0 Å². The molecule has 0 spiro atoms. The van der Waals surface area contributed by atoms with Crippen LogP contribution in [-0.2, 0) is 0 Å². The van der Waals surface area contributed by atoms with E-state index in [2.05, 4.69) is 4.37 Å². The number of carbonyl (C=O) groups is 1. The van der Waals surface area contributed by atoms with Gasteiger partial charge >= 0.3 is 5.97 Å². The fourth-order valence-electron chi connectivity index (χ4n) is 1.23. The first-order valence-corrected chi connectivity index (χ1v) is 5.43. The van der Waals surface area contributed by atoms with E-state index in [0.717, 1.165) is 17.1 Å². The van der Waals surface area contributed by atoms with Crippen molar-refractivity contribution in [1.82, 2.24) is 4.37 Å². The molecule has 2 aromatic rings. The zero-order valence-corrected chi connectivity index (χ0v) is 9.45. The number of rotatable bonds is 2. The third-order valence-corrected chi connectivity index (χ3v) is 2.78. The Bertz CT molecular complexity index is 522. The van der Waals surface area contributed by atoms with Gasteiger partial charge < -0.3 is 10.5 Å². The quantitative estimate of drug-likeness (QED) is 0.639. The summed E-state index contributed by atoms with van der Waals surface area (Å²) in [6, 6.07) is 7.27. The largest absolute Gasteiger partial charge is 0.422 e. The van der Waals surface area contributed by atoms with Crippen molar-refractivity contribution in [2.45, 2.75) is 6.92 Å². The maximum Gasteiger partial charge on any atom is 0.357 e. The lowest BCUT2D eigenvalue weighted by Crippen LogP contribution is -2.08. The van der Waals surface area contributed by atoms with E-state index < -0.39 is 5.97 Å². The molecule has 1 heterocycles. The second kappa shape index (κ2) is 4.32. The lowest BCUT2D eigenvalue weighted by atomic mass is 10.2. The van der Waals surface area contributed by atoms with Crippen molar-refractivity contribution in [2.24, 2.45) is 0 Å². The highest BCUT2D eigenvalue weighted by atomic mass is 32.1. The molecular formula is C11H10N2O2S. The molecule has 0 fully saturated rings. The summed E-state index contributed by atoms with van der Waals surface area (Å²) in [4.78, 5) is 12.0. The minimum absolute atomic E-state index is 0.335. The van der Waals surface area contributed by atoms with Crippen molar-refractivity contribution in [2.75, 3.05) is 5.73 Å². The average molecular weight is 234 g/mol. The van der Waals surface area contributed by atoms with Crippen LogP contribution in [-0.4, -0.2) is 10.3 Å². The summed E-state index contributed by atoms with van der Waals surface area (Å²) in [5.74, 6) is 0.0448. The van der Waals surface area contributed by atoms with E-state index in [1.807, 2.05) is 19.1 Å². The highest BCUT2D eigenvalue weighted by Gasteiger charge is 2.14. The molecule has 0 aliphatic carbocycles. The van der Waals surface area contributed by atoms with Crippen LogP contribution in [0.3, 0.4) is 0 Å². The van der Waals surface area contributed by atoms with Crippen molar-refractivity contribution in [1.29, 1.82) is 0 Å². The van der Waals surface area contributed by atoms with Gasteiger partial charge in [-0.25, -0.2) is 4.79 Å². The predicted molar refractivity (Wildman–Crippen MR) is 62.7 cm³/mol. The van der Waals surface area contributed by atoms with Gasteiger partial charge in [0, 0.05) is 0 Å². The molecule has 1 aromatic heterocycles. The Labute approximate surface area is 96.8 Å². The molecule has 16 heavy (non-hydrogen) atoms. The molecule has 0 radical (unpaired) electrons. The number of esters is 1. The number of benzene rings is 1. The summed E-state index contributed by atoms with van der Waals surface area (Å²) < 4.78 is 8.99. The topological polar surface area (TPSA) is 65.2 Å². The number of nitrogens with two attached hydrogens (primary N) is 1. The minimum atomic E-state index is -0.467. The van der Waals surface area contributed by atoms with Crippen molar-refractivity contribution in [3.8, 4) is 5.75 Å². The number of anilines is 1. The molecule has 2 rings (SSSR count). The fraction of sp³-hybridized carbons (Fsp3) is 0.0909. The number of nitrogens with zero attached hydrogens (tertiary/aromatic N) is 1. The molecule has 0 saturated heterocycles. The minimum Gasteiger partial charge on any atom is -0.422 e. The Morgan fingerprint density at radius 3 is 2.94 bits per heavy atom. The fourth-order valence-corrected chi connectivity index (χ4v) is 1.78. The van der Waals surface area contributed by atoms with Crippen LogP contribution in [0.2, 0.25) is 0 Å². The maximum atomic E-state index is 11.7. The van der Waals surface area contributed by atoms with E-state index in [-0.39, 0.29) is 0 Å². The van der Waals surface area contributed by atoms with Crippen molar-refractivity contribution >= 4 is 23.2 Å². The average Bonchev–Trinajstić information content (AvgIpc) is 2.64. The second-order valence-corrected chi connectivity index (χ2v) is 4.12. The number of nitrogen functional groups attached to an aromatic ring is 1. The van der Waals surface area contributed by atoms with Crippen LogP contribution in [0.1, 0.15) is 15.2 Å². The van der Waals surface area contributed by atoms with Gasteiger partial charge in [-0.2, -0.15) is 4.37 Å². The first-order chi connectivity index (χ1) is 7.66. The zero-order valence-electron chi connectivity index (χ0n) is 8.64. The van der Waals surface area contributed by atoms with Gasteiger partial charge in [-0.05, 0) is 36.2 Å². The van der Waals surface area contributed by atoms with Gasteiger partial charge in [0.1, 0.15) is 5.75 Å². The Balaban J connectivity index is 2.17. The Kier molecular flexibility index (Phi) is 2.87. The molecule has 1 aromatic carbocycles. The summed E-state index contributed by atoms with van der Waals surface area (Å²) in [6.45, 7) is 1.93. The number of hydrogen-bond acceptors (Lipinski definition) is 5. The van der Waals surface area contributed by atoms with Crippen molar-refractivity contribution in [3.05, 3.63) is 40.9 Å². The lowest BCUT2D eigenvalue weighted by Gasteiger charge is -2.03. The Morgan fingerprint density at radius 1 is 1.50 bits per heavy atom. The third kappa shape index (κ3) is 2.20. The molecule has 0 saturated carbocycles. The summed E-state index contributed by atoms with van der Waals surface area (Å²) in [7, 11) is 0. The molecule has 5 heteroatoms. The standard InChI is InChI=1S/C11H10N2O2S/c1-7-3-2-4-8(5-7)15-11(14)10-9(12)6-13-16-10/h2-6H,12H2,1H3. The van der Waals surface area contributed by atoms with E-state index in [0.29, 0.717) is 16.3 Å².